The maximum atomic E-state index is 13.4. The third kappa shape index (κ3) is 5.70. The second kappa shape index (κ2) is 9.23. The molecule has 9 heteroatoms. The molecule has 2 heterocycles. The van der Waals surface area contributed by atoms with E-state index in [2.05, 4.69) is 32.9 Å². The highest BCUT2D eigenvalue weighted by Crippen LogP contribution is 2.37. The van der Waals surface area contributed by atoms with Gasteiger partial charge in [-0.25, -0.2) is 4.79 Å². The molecule has 31 heavy (non-hydrogen) atoms. The van der Waals surface area contributed by atoms with Crippen LogP contribution in [0.4, 0.5) is 4.79 Å². The van der Waals surface area contributed by atoms with Crippen molar-refractivity contribution in [3.8, 4) is 0 Å². The van der Waals surface area contributed by atoms with Crippen LogP contribution in [-0.4, -0.2) is 47.2 Å². The van der Waals surface area contributed by atoms with Crippen LogP contribution in [0, 0.1) is 3.57 Å². The predicted molar refractivity (Wildman–Crippen MR) is 128 cm³/mol. The van der Waals surface area contributed by atoms with E-state index >= 15 is 0 Å². The molecule has 0 unspecified atom stereocenters. The van der Waals surface area contributed by atoms with Crippen LogP contribution in [0.15, 0.2) is 23.2 Å². The Hall–Kier alpha value is -1.39. The van der Waals surface area contributed by atoms with Gasteiger partial charge < -0.3 is 14.8 Å². The number of hydrogen-bond acceptors (Lipinski definition) is 4. The number of rotatable bonds is 2. The van der Waals surface area contributed by atoms with Crippen molar-refractivity contribution in [2.75, 3.05) is 6.61 Å². The zero-order valence-corrected chi connectivity index (χ0v) is 21.4. The molecule has 2 amide bonds. The first-order valence-electron chi connectivity index (χ1n) is 10.4. The summed E-state index contributed by atoms with van der Waals surface area (Å²) in [5.74, 6) is 0.0830. The summed E-state index contributed by atoms with van der Waals surface area (Å²) in [6.45, 7) is 9.76. The predicted octanol–water partition coefficient (Wildman–Crippen LogP) is 4.84. The van der Waals surface area contributed by atoms with E-state index in [1.165, 1.54) is 0 Å². The lowest BCUT2D eigenvalue weighted by molar-refractivity contribution is -0.134. The number of aliphatic imine (C=N–C) groups is 1. The van der Waals surface area contributed by atoms with Gasteiger partial charge in [-0.3, -0.25) is 9.69 Å². The van der Waals surface area contributed by atoms with Gasteiger partial charge in [0.1, 0.15) is 5.60 Å². The van der Waals surface area contributed by atoms with Crippen molar-refractivity contribution in [1.82, 2.24) is 10.2 Å². The topological polar surface area (TPSA) is 80.2 Å². The fraction of sp³-hybridized carbons (Fsp3) is 0.591. The molecule has 1 aromatic rings. The molecule has 7 nitrogen and oxygen atoms in total. The maximum Gasteiger partial charge on any atom is 0.437 e. The van der Waals surface area contributed by atoms with Crippen LogP contribution in [0.3, 0.4) is 0 Å². The van der Waals surface area contributed by atoms with E-state index in [-0.39, 0.29) is 30.4 Å². The molecular formula is C22H29ClIN3O4. The van der Waals surface area contributed by atoms with Gasteiger partial charge in [0.25, 0.3) is 0 Å². The van der Waals surface area contributed by atoms with Crippen molar-refractivity contribution < 1.29 is 19.1 Å². The molecule has 0 spiro atoms. The SMILES string of the molecule is C[C@H]1C[C@@H](N2C(=O)C[C@@](C)(c3cccc(I)c3Cl)N/C2=N\C(=O)OC(C)(C)C)CCO1. The molecule has 1 aromatic carbocycles. The van der Waals surface area contributed by atoms with Gasteiger partial charge in [0.15, 0.2) is 0 Å². The summed E-state index contributed by atoms with van der Waals surface area (Å²) >= 11 is 8.75. The quantitative estimate of drug-likeness (QED) is 0.523. The molecule has 0 bridgehead atoms. The first-order chi connectivity index (χ1) is 14.4. The van der Waals surface area contributed by atoms with E-state index in [0.29, 0.717) is 24.5 Å². The third-order valence-corrected chi connectivity index (χ3v) is 6.97. The second-order valence-electron chi connectivity index (χ2n) is 9.27. The van der Waals surface area contributed by atoms with Crippen LogP contribution in [0.1, 0.15) is 59.4 Å². The fourth-order valence-electron chi connectivity index (χ4n) is 3.99. The Kier molecular flexibility index (Phi) is 7.22. The molecule has 2 aliphatic rings. The molecule has 3 atom stereocenters. The van der Waals surface area contributed by atoms with Crippen LogP contribution < -0.4 is 5.32 Å². The molecule has 0 radical (unpaired) electrons. The number of guanidine groups is 1. The van der Waals surface area contributed by atoms with Gasteiger partial charge in [0.2, 0.25) is 11.9 Å². The Morgan fingerprint density at radius 2 is 2.13 bits per heavy atom. The monoisotopic (exact) mass is 561 g/mol. The highest BCUT2D eigenvalue weighted by Gasteiger charge is 2.44. The van der Waals surface area contributed by atoms with E-state index in [0.717, 1.165) is 9.13 Å². The Morgan fingerprint density at radius 3 is 2.77 bits per heavy atom. The first kappa shape index (κ1) is 24.3. The van der Waals surface area contributed by atoms with Gasteiger partial charge in [-0.15, -0.1) is 4.99 Å². The first-order valence-corrected chi connectivity index (χ1v) is 11.8. The number of carbonyl (C=O) groups is 2. The van der Waals surface area contributed by atoms with Crippen LogP contribution >= 0.6 is 34.2 Å². The smallest absolute Gasteiger partial charge is 0.437 e. The van der Waals surface area contributed by atoms with Gasteiger partial charge >= 0.3 is 6.09 Å². The molecular weight excluding hydrogens is 533 g/mol. The van der Waals surface area contributed by atoms with E-state index < -0.39 is 17.2 Å². The zero-order valence-electron chi connectivity index (χ0n) is 18.5. The van der Waals surface area contributed by atoms with Crippen molar-refractivity contribution in [3.05, 3.63) is 32.4 Å². The third-order valence-electron chi connectivity index (χ3n) is 5.35. The number of ether oxygens (including phenoxy) is 2. The summed E-state index contributed by atoms with van der Waals surface area (Å²) in [5.41, 5.74) is -0.727. The van der Waals surface area contributed by atoms with E-state index in [9.17, 15) is 9.59 Å². The molecule has 2 fully saturated rings. The Labute approximate surface area is 202 Å². The summed E-state index contributed by atoms with van der Waals surface area (Å²) in [4.78, 5) is 31.8. The molecule has 0 aliphatic carbocycles. The number of amides is 2. The number of benzene rings is 1. The van der Waals surface area contributed by atoms with Gasteiger partial charge in [0, 0.05) is 16.2 Å². The number of nitrogens with one attached hydrogen (secondary N) is 1. The van der Waals surface area contributed by atoms with Crippen molar-refractivity contribution in [3.63, 3.8) is 0 Å². The largest absolute Gasteiger partial charge is 0.442 e. The van der Waals surface area contributed by atoms with Gasteiger partial charge in [-0.2, -0.15) is 0 Å². The summed E-state index contributed by atoms with van der Waals surface area (Å²) in [6.07, 6.45) is 0.803. The maximum absolute atomic E-state index is 13.4. The van der Waals surface area contributed by atoms with E-state index in [1.54, 1.807) is 25.7 Å². The molecule has 170 valence electrons. The minimum Gasteiger partial charge on any atom is -0.442 e. The van der Waals surface area contributed by atoms with Crippen molar-refractivity contribution in [2.24, 2.45) is 4.99 Å². The Balaban J connectivity index is 2.01. The van der Waals surface area contributed by atoms with Crippen LogP contribution in [-0.2, 0) is 19.8 Å². The van der Waals surface area contributed by atoms with Crippen molar-refractivity contribution in [1.29, 1.82) is 0 Å². The van der Waals surface area contributed by atoms with Crippen LogP contribution in [0.25, 0.3) is 0 Å². The average Bonchev–Trinajstić information content (AvgIpc) is 2.61. The molecule has 0 saturated carbocycles. The van der Waals surface area contributed by atoms with Crippen molar-refractivity contribution in [2.45, 2.75) is 77.2 Å². The summed E-state index contributed by atoms with van der Waals surface area (Å²) in [5, 5.41) is 3.93. The van der Waals surface area contributed by atoms with Crippen LogP contribution in [0.5, 0.6) is 0 Å². The molecule has 1 N–H and O–H groups in total. The second-order valence-corrected chi connectivity index (χ2v) is 10.8. The number of hydrogen-bond donors (Lipinski definition) is 1. The normalized spacial score (nSPS) is 28.4. The highest BCUT2D eigenvalue weighted by molar-refractivity contribution is 14.1. The summed E-state index contributed by atoms with van der Waals surface area (Å²) in [7, 11) is 0. The summed E-state index contributed by atoms with van der Waals surface area (Å²) in [6, 6.07) is 5.59. The van der Waals surface area contributed by atoms with Crippen LogP contribution in [0.2, 0.25) is 5.02 Å². The minimum absolute atomic E-state index is 0.0211. The van der Waals surface area contributed by atoms with E-state index in [4.69, 9.17) is 21.1 Å². The Bertz CT molecular complexity index is 901. The lowest BCUT2D eigenvalue weighted by atomic mass is 9.85. The molecule has 3 rings (SSSR count). The molecule has 2 saturated heterocycles. The number of halogens is 2. The average molecular weight is 562 g/mol. The highest BCUT2D eigenvalue weighted by atomic mass is 127. The zero-order chi connectivity index (χ0) is 23.0. The van der Waals surface area contributed by atoms with E-state index in [1.807, 2.05) is 32.0 Å². The standard InChI is InChI=1S/C22H29ClIN3O4/c1-13-11-14(9-10-30-13)27-17(28)12-22(5,15-7-6-8-16(24)18(15)23)26-19(27)25-20(29)31-21(2,3)4/h6-8,13-14H,9-12H2,1-5H3,(H,25,26,29)/t13-,14-,22-/m0/s1. The number of nitrogens with zero attached hydrogens (tertiary/aromatic N) is 2. The number of carbonyl (C=O) groups excluding carboxylic acids is 2. The molecule has 2 aliphatic heterocycles. The summed E-state index contributed by atoms with van der Waals surface area (Å²) < 4.78 is 11.9. The lowest BCUT2D eigenvalue weighted by Crippen LogP contribution is -2.63. The van der Waals surface area contributed by atoms with Gasteiger partial charge in [0.05, 0.1) is 23.1 Å². The fourth-order valence-corrected chi connectivity index (χ4v) is 4.82. The van der Waals surface area contributed by atoms with Gasteiger partial charge in [-0.1, -0.05) is 23.7 Å². The Morgan fingerprint density at radius 1 is 1.42 bits per heavy atom. The van der Waals surface area contributed by atoms with Gasteiger partial charge in [-0.05, 0) is 81.7 Å². The van der Waals surface area contributed by atoms with Crippen molar-refractivity contribution >= 4 is 52.2 Å². The molecule has 0 aromatic heterocycles. The lowest BCUT2D eigenvalue weighted by Gasteiger charge is -2.45. The minimum atomic E-state index is -0.816.